The van der Waals surface area contributed by atoms with Crippen LogP contribution in [0.15, 0.2) is 11.1 Å². The molecule has 0 aromatic rings. The van der Waals surface area contributed by atoms with Gasteiger partial charge in [0.05, 0.1) is 11.1 Å². The van der Waals surface area contributed by atoms with E-state index in [1.165, 1.54) is 0 Å². The van der Waals surface area contributed by atoms with Crippen LogP contribution in [0.2, 0.25) is 39.3 Å². The van der Waals surface area contributed by atoms with Crippen molar-refractivity contribution in [2.24, 2.45) is 22.7 Å². The van der Waals surface area contributed by atoms with Gasteiger partial charge >= 0.3 is 11.9 Å². The molecule has 8 nitrogen and oxygen atoms in total. The number of hydrogen-bond donors (Lipinski definition) is 2. The Balaban J connectivity index is 8.77. The van der Waals surface area contributed by atoms with Crippen molar-refractivity contribution in [2.75, 3.05) is 0 Å². The van der Waals surface area contributed by atoms with Crippen molar-refractivity contribution < 1.29 is 36.9 Å². The van der Waals surface area contributed by atoms with Gasteiger partial charge in [0.25, 0.3) is 0 Å². The molecule has 0 bridgehead atoms. The van der Waals surface area contributed by atoms with E-state index in [1.54, 1.807) is 0 Å². The Kier molecular flexibility index (Phi) is 13.1. The first-order valence-electron chi connectivity index (χ1n) is 13.4. The number of hydrogen-bond acceptors (Lipinski definition) is 6. The summed E-state index contributed by atoms with van der Waals surface area (Å²) in [6.45, 7) is 28.2. The average molecular weight is 641 g/mol. The van der Waals surface area contributed by atoms with Crippen LogP contribution in [-0.2, 0) is 26.7 Å². The fraction of sp³-hybridized carbons (Fsp3) is 0.833. The van der Waals surface area contributed by atoms with Gasteiger partial charge in [-0.15, -0.1) is 0 Å². The molecule has 2 atom stereocenters. The molecule has 0 aliphatic carbocycles. The van der Waals surface area contributed by atoms with Crippen molar-refractivity contribution >= 4 is 69.1 Å². The highest BCUT2D eigenvalue weighted by Gasteiger charge is 2.62. The van der Waals surface area contributed by atoms with Crippen LogP contribution in [0.3, 0.4) is 0 Å². The lowest BCUT2D eigenvalue weighted by Crippen LogP contribution is -2.66. The Morgan fingerprint density at radius 1 is 0.658 bits per heavy atom. The van der Waals surface area contributed by atoms with Gasteiger partial charge in [-0.1, -0.05) is 55.4 Å². The molecule has 0 heterocycles. The van der Waals surface area contributed by atoms with Crippen LogP contribution in [0.1, 0.15) is 55.4 Å². The summed E-state index contributed by atoms with van der Waals surface area (Å²) in [6.07, 6.45) is 0. The first kappa shape index (κ1) is 37.8. The van der Waals surface area contributed by atoms with Crippen molar-refractivity contribution in [1.29, 1.82) is 0 Å². The number of rotatable bonds is 16. The molecule has 2 N–H and O–H groups in total. The maximum atomic E-state index is 13.6. The second-order valence-corrected chi connectivity index (χ2v) is 30.1. The standard InChI is InChI=1S/C24H56O8Si6/c1-15(2)21(5,6)23(35-31-33,29-37(9,10)11)17(19(25)26)18(20(27)28)24(36-32-34,30-38(12,13)14)22(7,8)16(3)4/h15-16H,35-36H2,1-14,33-34H3,(H,25,26)(H,27,28)/b18-17+. The van der Waals surface area contributed by atoms with Crippen LogP contribution in [0, 0.1) is 22.7 Å². The van der Waals surface area contributed by atoms with E-state index in [9.17, 15) is 19.8 Å². The molecule has 0 saturated heterocycles. The summed E-state index contributed by atoms with van der Waals surface area (Å²) in [4.78, 5) is 27.1. The van der Waals surface area contributed by atoms with Gasteiger partial charge in [0, 0.05) is 0 Å². The van der Waals surface area contributed by atoms with Crippen molar-refractivity contribution in [3.63, 3.8) is 0 Å². The molecule has 38 heavy (non-hydrogen) atoms. The molecule has 14 heteroatoms. The molecule has 0 aromatic carbocycles. The summed E-state index contributed by atoms with van der Waals surface area (Å²) < 4.78 is 25.9. The first-order valence-corrected chi connectivity index (χ1v) is 24.4. The van der Waals surface area contributed by atoms with Gasteiger partial charge in [-0.2, -0.15) is 0 Å². The predicted octanol–water partition coefficient (Wildman–Crippen LogP) is 1.67. The van der Waals surface area contributed by atoms with Crippen LogP contribution in [0.5, 0.6) is 0 Å². The van der Waals surface area contributed by atoms with Crippen LogP contribution < -0.4 is 0 Å². The Morgan fingerprint density at radius 3 is 1.03 bits per heavy atom. The summed E-state index contributed by atoms with van der Waals surface area (Å²) >= 11 is 0. The van der Waals surface area contributed by atoms with E-state index in [1.807, 2.05) is 94.7 Å². The van der Waals surface area contributed by atoms with Crippen molar-refractivity contribution in [2.45, 2.75) is 105 Å². The summed E-state index contributed by atoms with van der Waals surface area (Å²) in [7, 11) is -7.53. The third-order valence-corrected chi connectivity index (χ3v) is 16.5. The molecule has 0 aliphatic rings. The van der Waals surface area contributed by atoms with E-state index < -0.39 is 69.4 Å². The SMILES string of the molecule is CC(C)C(C)(C)C(O[Si](C)(C)C)([SiH2]O[SiH3])/C(C(=O)O)=C(\C(=O)O)C(O[Si](C)(C)C)([SiH2]O[SiH3])C(C)(C)C(C)C. The van der Waals surface area contributed by atoms with Gasteiger partial charge in [0.2, 0.25) is 0 Å². The minimum absolute atomic E-state index is 0.0231. The van der Waals surface area contributed by atoms with Crippen molar-refractivity contribution in [3.8, 4) is 0 Å². The van der Waals surface area contributed by atoms with Crippen LogP contribution in [-0.4, -0.2) is 89.7 Å². The quantitative estimate of drug-likeness (QED) is 0.194. The van der Waals surface area contributed by atoms with Gasteiger partial charge in [-0.25, -0.2) is 9.59 Å². The Labute approximate surface area is 244 Å². The highest BCUT2D eigenvalue weighted by molar-refractivity contribution is 6.71. The highest BCUT2D eigenvalue weighted by Crippen LogP contribution is 2.53. The van der Waals surface area contributed by atoms with Crippen LogP contribution >= 0.6 is 0 Å². The summed E-state index contributed by atoms with van der Waals surface area (Å²) in [5, 5.41) is 19.3. The number of aliphatic carboxylic acids is 2. The van der Waals surface area contributed by atoms with E-state index >= 15 is 0 Å². The van der Waals surface area contributed by atoms with Crippen molar-refractivity contribution in [3.05, 3.63) is 11.1 Å². The largest absolute Gasteiger partial charge is 0.478 e. The number of carboxylic acid groups (broad SMARTS) is 2. The fourth-order valence-corrected chi connectivity index (χ4v) is 16.6. The molecule has 0 spiro atoms. The van der Waals surface area contributed by atoms with Crippen LogP contribution in [0.25, 0.3) is 0 Å². The zero-order chi connectivity index (χ0) is 30.7. The molecule has 0 radical (unpaired) electrons. The fourth-order valence-electron chi connectivity index (χ4n) is 4.93. The summed E-state index contributed by atoms with van der Waals surface area (Å²) in [5.74, 6) is -2.62. The van der Waals surface area contributed by atoms with E-state index in [0.29, 0.717) is 21.0 Å². The smallest absolute Gasteiger partial charge is 0.334 e. The van der Waals surface area contributed by atoms with E-state index in [0.717, 1.165) is 0 Å². The van der Waals surface area contributed by atoms with Gasteiger partial charge in [-0.3, -0.25) is 0 Å². The zero-order valence-corrected chi connectivity index (χ0v) is 35.7. The monoisotopic (exact) mass is 640 g/mol. The Morgan fingerprint density at radius 2 is 0.895 bits per heavy atom. The van der Waals surface area contributed by atoms with Gasteiger partial charge < -0.3 is 27.3 Å². The molecule has 2 unspecified atom stereocenters. The number of carboxylic acids is 2. The third-order valence-electron chi connectivity index (χ3n) is 8.11. The molecule has 0 saturated carbocycles. The lowest BCUT2D eigenvalue weighted by molar-refractivity contribution is -0.141. The second-order valence-electron chi connectivity index (χ2n) is 14.1. The normalized spacial score (nSPS) is 18.5. The van der Waals surface area contributed by atoms with Gasteiger partial charge in [0.15, 0.2) is 36.2 Å². The van der Waals surface area contributed by atoms with Crippen molar-refractivity contribution in [1.82, 2.24) is 0 Å². The summed E-state index contributed by atoms with van der Waals surface area (Å²) in [5.41, 5.74) is -1.89. The molecule has 0 amide bonds. The third kappa shape index (κ3) is 7.97. The minimum atomic E-state index is -2.43. The molecular weight excluding hydrogens is 585 g/mol. The second kappa shape index (κ2) is 13.2. The topological polar surface area (TPSA) is 112 Å². The summed E-state index contributed by atoms with van der Waals surface area (Å²) in [6, 6.07) is 0. The average Bonchev–Trinajstić information content (AvgIpc) is 2.67. The lowest BCUT2D eigenvalue weighted by atomic mass is 9.68. The molecule has 0 aromatic heterocycles. The maximum Gasteiger partial charge on any atom is 0.334 e. The molecular formula is C24H56O8Si6. The van der Waals surface area contributed by atoms with E-state index in [4.69, 9.17) is 17.1 Å². The van der Waals surface area contributed by atoms with E-state index in [2.05, 4.69) is 0 Å². The highest BCUT2D eigenvalue weighted by atomic mass is 28.4. The number of carbonyl (C=O) groups is 2. The Hall–Kier alpha value is -0.179. The molecule has 224 valence electrons. The maximum absolute atomic E-state index is 13.6. The molecule has 0 rings (SSSR count). The van der Waals surface area contributed by atoms with Crippen LogP contribution in [0.4, 0.5) is 0 Å². The lowest BCUT2D eigenvalue weighted by Gasteiger charge is -2.56. The molecule has 0 fully saturated rings. The predicted molar refractivity (Wildman–Crippen MR) is 173 cm³/mol. The van der Waals surface area contributed by atoms with Gasteiger partial charge in [0.1, 0.15) is 31.4 Å². The minimum Gasteiger partial charge on any atom is -0.478 e. The van der Waals surface area contributed by atoms with Gasteiger partial charge in [-0.05, 0) is 61.9 Å². The first-order chi connectivity index (χ1) is 16.8. The Bertz CT molecular complexity index is 806. The molecule has 0 aliphatic heterocycles. The van der Waals surface area contributed by atoms with E-state index in [-0.39, 0.29) is 23.0 Å². The zero-order valence-electron chi connectivity index (χ0n) is 26.9.